The van der Waals surface area contributed by atoms with E-state index in [1.54, 1.807) is 30.5 Å². The molecule has 0 aliphatic carbocycles. The Labute approximate surface area is 127 Å². The minimum Gasteiger partial charge on any atom is -0.334 e. The molecule has 2 N–H and O–H groups in total. The summed E-state index contributed by atoms with van der Waals surface area (Å²) in [6.45, 7) is 2.24. The summed E-state index contributed by atoms with van der Waals surface area (Å²) in [7, 11) is 0. The highest BCUT2D eigenvalue weighted by atomic mass is 35.5. The van der Waals surface area contributed by atoms with Crippen LogP contribution in [0.5, 0.6) is 0 Å². The van der Waals surface area contributed by atoms with Gasteiger partial charge < -0.3 is 5.32 Å². The summed E-state index contributed by atoms with van der Waals surface area (Å²) in [5.41, 5.74) is 1.82. The Morgan fingerprint density at radius 1 is 1.25 bits per heavy atom. The molecule has 0 saturated carbocycles. The van der Waals surface area contributed by atoms with Crippen LogP contribution in [0.1, 0.15) is 11.1 Å². The lowest BCUT2D eigenvalue weighted by atomic mass is 10.2. The zero-order valence-corrected chi connectivity index (χ0v) is 12.3. The number of anilines is 1. The fourth-order valence-electron chi connectivity index (χ4n) is 1.61. The van der Waals surface area contributed by atoms with Crippen molar-refractivity contribution in [1.82, 2.24) is 10.3 Å². The number of hydrogen-bond donors (Lipinski definition) is 2. The third-order valence-corrected chi connectivity index (χ3v) is 3.20. The highest BCUT2D eigenvalue weighted by Gasteiger charge is 2.05. The molecule has 4 nitrogen and oxygen atoms in total. The minimum absolute atomic E-state index is 0.313. The van der Waals surface area contributed by atoms with Crippen molar-refractivity contribution >= 4 is 35.1 Å². The number of benzene rings is 1. The zero-order valence-electron chi connectivity index (χ0n) is 10.8. The van der Waals surface area contributed by atoms with Crippen LogP contribution in [-0.4, -0.2) is 11.0 Å². The first-order chi connectivity index (χ1) is 9.54. The van der Waals surface area contributed by atoms with E-state index in [0.29, 0.717) is 22.4 Å². The number of halogens is 2. The molecular formula is C14H13Cl2N3O. The van der Waals surface area contributed by atoms with Gasteiger partial charge in [0.25, 0.3) is 0 Å². The molecule has 0 fully saturated rings. The van der Waals surface area contributed by atoms with Gasteiger partial charge in [-0.2, -0.15) is 0 Å². The van der Waals surface area contributed by atoms with Gasteiger partial charge in [-0.3, -0.25) is 5.32 Å². The van der Waals surface area contributed by atoms with E-state index in [4.69, 9.17) is 23.2 Å². The van der Waals surface area contributed by atoms with Crippen molar-refractivity contribution in [2.45, 2.75) is 13.5 Å². The van der Waals surface area contributed by atoms with Crippen LogP contribution in [0.25, 0.3) is 0 Å². The zero-order chi connectivity index (χ0) is 14.5. The van der Waals surface area contributed by atoms with E-state index < -0.39 is 0 Å². The number of urea groups is 1. The first-order valence-electron chi connectivity index (χ1n) is 5.96. The molecule has 0 aliphatic heterocycles. The van der Waals surface area contributed by atoms with Crippen LogP contribution in [0.3, 0.4) is 0 Å². The van der Waals surface area contributed by atoms with Gasteiger partial charge >= 0.3 is 6.03 Å². The molecule has 0 unspecified atom stereocenters. The van der Waals surface area contributed by atoms with Crippen LogP contribution in [0.15, 0.2) is 36.5 Å². The largest absolute Gasteiger partial charge is 0.334 e. The summed E-state index contributed by atoms with van der Waals surface area (Å²) in [6.07, 6.45) is 1.64. The summed E-state index contributed by atoms with van der Waals surface area (Å²) in [5.74, 6) is 0.504. The Kier molecular flexibility index (Phi) is 4.82. The highest BCUT2D eigenvalue weighted by molar-refractivity contribution is 6.35. The predicted octanol–water partition coefficient (Wildman–Crippen LogP) is 4.02. The minimum atomic E-state index is -0.339. The van der Waals surface area contributed by atoms with Gasteiger partial charge in [-0.25, -0.2) is 9.78 Å². The van der Waals surface area contributed by atoms with E-state index >= 15 is 0 Å². The lowest BCUT2D eigenvalue weighted by Crippen LogP contribution is -2.28. The first kappa shape index (κ1) is 14.6. The number of aryl methyl sites for hydroxylation is 1. The Bertz CT molecular complexity index is 632. The number of carbonyl (C=O) groups excluding carboxylic acids is 1. The second kappa shape index (κ2) is 6.59. The van der Waals surface area contributed by atoms with Crippen LogP contribution in [0, 0.1) is 6.92 Å². The molecular weight excluding hydrogens is 297 g/mol. The molecule has 6 heteroatoms. The van der Waals surface area contributed by atoms with E-state index in [-0.39, 0.29) is 6.03 Å². The summed E-state index contributed by atoms with van der Waals surface area (Å²) in [4.78, 5) is 15.8. The number of nitrogens with one attached hydrogen (secondary N) is 2. The molecule has 1 aromatic heterocycles. The number of aromatic nitrogens is 1. The van der Waals surface area contributed by atoms with Crippen molar-refractivity contribution in [1.29, 1.82) is 0 Å². The fourth-order valence-corrected chi connectivity index (χ4v) is 2.08. The molecule has 0 saturated heterocycles. The molecule has 20 heavy (non-hydrogen) atoms. The van der Waals surface area contributed by atoms with Crippen molar-refractivity contribution in [2.75, 3.05) is 5.32 Å². The molecule has 1 heterocycles. The van der Waals surface area contributed by atoms with Gasteiger partial charge in [0, 0.05) is 22.8 Å². The normalized spacial score (nSPS) is 10.2. The van der Waals surface area contributed by atoms with Crippen molar-refractivity contribution < 1.29 is 4.79 Å². The maximum atomic E-state index is 11.7. The van der Waals surface area contributed by atoms with Gasteiger partial charge in [0.2, 0.25) is 0 Å². The molecule has 104 valence electrons. The number of rotatable bonds is 3. The number of carbonyl (C=O) groups is 1. The Morgan fingerprint density at radius 3 is 2.75 bits per heavy atom. The van der Waals surface area contributed by atoms with Crippen molar-refractivity contribution in [3.63, 3.8) is 0 Å². The Balaban J connectivity index is 1.92. The summed E-state index contributed by atoms with van der Waals surface area (Å²) >= 11 is 11.8. The van der Waals surface area contributed by atoms with Crippen LogP contribution in [0.2, 0.25) is 10.0 Å². The van der Waals surface area contributed by atoms with Gasteiger partial charge in [0.15, 0.2) is 0 Å². The molecule has 0 aliphatic rings. The van der Waals surface area contributed by atoms with E-state index in [1.807, 2.05) is 13.0 Å². The molecule has 0 spiro atoms. The number of nitrogens with zero attached hydrogens (tertiary/aromatic N) is 1. The van der Waals surface area contributed by atoms with Gasteiger partial charge in [0.05, 0.1) is 0 Å². The quantitative estimate of drug-likeness (QED) is 0.899. The average molecular weight is 310 g/mol. The molecule has 2 amide bonds. The standard InChI is InChI=1S/C14H13Cl2N3O/c1-9-4-5-17-13(6-9)19-14(20)18-8-10-2-3-11(15)7-12(10)16/h2-7H,8H2,1H3,(H2,17,18,19,20). The molecule has 0 atom stereocenters. The molecule has 0 radical (unpaired) electrons. The number of hydrogen-bond acceptors (Lipinski definition) is 2. The predicted molar refractivity (Wildman–Crippen MR) is 81.3 cm³/mol. The van der Waals surface area contributed by atoms with Crippen LogP contribution < -0.4 is 10.6 Å². The maximum Gasteiger partial charge on any atom is 0.320 e. The first-order valence-corrected chi connectivity index (χ1v) is 6.71. The monoisotopic (exact) mass is 309 g/mol. The lowest BCUT2D eigenvalue weighted by molar-refractivity contribution is 0.251. The lowest BCUT2D eigenvalue weighted by Gasteiger charge is -2.08. The number of amides is 2. The second-order valence-corrected chi connectivity index (χ2v) is 5.11. The third-order valence-electron chi connectivity index (χ3n) is 2.61. The topological polar surface area (TPSA) is 54.0 Å². The van der Waals surface area contributed by atoms with E-state index in [0.717, 1.165) is 11.1 Å². The van der Waals surface area contributed by atoms with E-state index in [9.17, 15) is 4.79 Å². The molecule has 2 aromatic rings. The van der Waals surface area contributed by atoms with Gasteiger partial charge in [-0.15, -0.1) is 0 Å². The summed E-state index contributed by atoms with van der Waals surface area (Å²) in [5, 5.41) is 6.45. The highest BCUT2D eigenvalue weighted by Crippen LogP contribution is 2.20. The van der Waals surface area contributed by atoms with E-state index in [1.165, 1.54) is 0 Å². The summed E-state index contributed by atoms with van der Waals surface area (Å²) < 4.78 is 0. The number of pyridine rings is 1. The molecule has 2 rings (SSSR count). The van der Waals surface area contributed by atoms with Crippen molar-refractivity contribution in [3.8, 4) is 0 Å². The van der Waals surface area contributed by atoms with Gasteiger partial charge in [0.1, 0.15) is 5.82 Å². The smallest absolute Gasteiger partial charge is 0.320 e. The third kappa shape index (κ3) is 4.11. The Hall–Kier alpha value is -1.78. The fraction of sp³-hybridized carbons (Fsp3) is 0.143. The van der Waals surface area contributed by atoms with Crippen LogP contribution in [0.4, 0.5) is 10.6 Å². The second-order valence-electron chi connectivity index (χ2n) is 4.26. The van der Waals surface area contributed by atoms with Gasteiger partial charge in [-0.1, -0.05) is 29.3 Å². The Morgan fingerprint density at radius 2 is 2.05 bits per heavy atom. The van der Waals surface area contributed by atoms with Crippen LogP contribution in [-0.2, 0) is 6.54 Å². The van der Waals surface area contributed by atoms with Gasteiger partial charge in [-0.05, 0) is 42.3 Å². The average Bonchev–Trinajstić information content (AvgIpc) is 2.37. The summed E-state index contributed by atoms with van der Waals surface area (Å²) in [6, 6.07) is 8.44. The molecule has 0 bridgehead atoms. The van der Waals surface area contributed by atoms with Crippen molar-refractivity contribution in [2.24, 2.45) is 0 Å². The van der Waals surface area contributed by atoms with Crippen molar-refractivity contribution in [3.05, 3.63) is 57.7 Å². The molecule has 1 aromatic carbocycles. The van der Waals surface area contributed by atoms with E-state index in [2.05, 4.69) is 15.6 Å². The maximum absolute atomic E-state index is 11.7. The SMILES string of the molecule is Cc1ccnc(NC(=O)NCc2ccc(Cl)cc2Cl)c1. The van der Waals surface area contributed by atoms with Crippen LogP contribution >= 0.6 is 23.2 Å².